The van der Waals surface area contributed by atoms with E-state index in [-0.39, 0.29) is 18.3 Å². The van der Waals surface area contributed by atoms with E-state index in [4.69, 9.17) is 21.1 Å². The molecule has 4 atom stereocenters. The van der Waals surface area contributed by atoms with Crippen LogP contribution in [0.4, 0.5) is 0 Å². The van der Waals surface area contributed by atoms with Gasteiger partial charge in [-0.2, -0.15) is 0 Å². The third-order valence-electron chi connectivity index (χ3n) is 3.40. The maximum atomic E-state index is 10.9. The fraction of sp³-hybridized carbons (Fsp3) is 0.667. The van der Waals surface area contributed by atoms with E-state index in [1.807, 2.05) is 0 Å². The first-order valence-corrected chi connectivity index (χ1v) is 4.45. The number of carboxylic acid groups (broad SMARTS) is 1. The van der Waals surface area contributed by atoms with Crippen molar-refractivity contribution in [3.8, 4) is 0 Å². The quantitative estimate of drug-likeness (QED) is 0.334. The van der Waals surface area contributed by atoms with Crippen LogP contribution in [0.15, 0.2) is 12.2 Å². The predicted molar refractivity (Wildman–Crippen MR) is 47.0 cm³/mol. The molecule has 0 aliphatic heterocycles. The Bertz CT molecular complexity index is 314. The molecule has 0 aromatic rings. The molecule has 5 nitrogen and oxygen atoms in total. The lowest BCUT2D eigenvalue weighted by Crippen LogP contribution is -2.49. The summed E-state index contributed by atoms with van der Waals surface area (Å²) in [6.45, 7) is 3.72. The van der Waals surface area contributed by atoms with Crippen LogP contribution in [0.1, 0.15) is 6.42 Å². The van der Waals surface area contributed by atoms with Crippen LogP contribution in [0.25, 0.3) is 0 Å². The highest BCUT2D eigenvalue weighted by atomic mass is 16.5. The summed E-state index contributed by atoms with van der Waals surface area (Å²) in [6, 6.07) is 0. The minimum atomic E-state index is -1.50. The van der Waals surface area contributed by atoms with Crippen molar-refractivity contribution in [2.75, 3.05) is 0 Å². The van der Waals surface area contributed by atoms with Gasteiger partial charge in [-0.15, -0.1) is 0 Å². The molecular formula is C9H13NO4. The number of aliphatic hydroxyl groups is 2. The summed E-state index contributed by atoms with van der Waals surface area (Å²) in [5, 5.41) is 26.9. The number of nitrogens with two attached hydrogens (primary N) is 1. The molecule has 5 N–H and O–H groups in total. The SMILES string of the molecule is C=C1CC(N)(C(=O)O)C2C1C2C(O)O. The third-order valence-corrected chi connectivity index (χ3v) is 3.40. The van der Waals surface area contributed by atoms with Gasteiger partial charge in [0.2, 0.25) is 0 Å². The van der Waals surface area contributed by atoms with Gasteiger partial charge in [-0.1, -0.05) is 12.2 Å². The molecule has 0 amide bonds. The number of aliphatic carboxylic acids is 1. The second-order valence-corrected chi connectivity index (χ2v) is 4.22. The molecule has 0 heterocycles. The zero-order valence-electron chi connectivity index (χ0n) is 7.55. The van der Waals surface area contributed by atoms with E-state index < -0.39 is 23.7 Å². The molecule has 0 radical (unpaired) electrons. The largest absolute Gasteiger partial charge is 0.480 e. The third kappa shape index (κ3) is 0.972. The molecule has 0 bridgehead atoms. The van der Waals surface area contributed by atoms with E-state index in [2.05, 4.69) is 6.58 Å². The summed E-state index contributed by atoms with van der Waals surface area (Å²) >= 11 is 0. The Balaban J connectivity index is 2.27. The lowest BCUT2D eigenvalue weighted by Gasteiger charge is -2.22. The van der Waals surface area contributed by atoms with Crippen molar-refractivity contribution >= 4 is 5.97 Å². The summed E-state index contributed by atoms with van der Waals surface area (Å²) in [4.78, 5) is 10.9. The summed E-state index contributed by atoms with van der Waals surface area (Å²) in [5.74, 6) is -2.03. The van der Waals surface area contributed by atoms with E-state index in [1.54, 1.807) is 0 Å². The van der Waals surface area contributed by atoms with E-state index >= 15 is 0 Å². The molecule has 5 heteroatoms. The number of hydrogen-bond donors (Lipinski definition) is 4. The number of aliphatic hydroxyl groups excluding tert-OH is 1. The van der Waals surface area contributed by atoms with Gasteiger partial charge in [-0.25, -0.2) is 0 Å². The molecule has 0 spiro atoms. The van der Waals surface area contributed by atoms with Gasteiger partial charge in [0.1, 0.15) is 5.54 Å². The van der Waals surface area contributed by atoms with Crippen molar-refractivity contribution in [2.24, 2.45) is 23.5 Å². The normalized spacial score (nSPS) is 45.4. The monoisotopic (exact) mass is 199 g/mol. The highest BCUT2D eigenvalue weighted by Gasteiger charge is 2.70. The summed E-state index contributed by atoms with van der Waals surface area (Å²) in [5.41, 5.74) is 5.09. The predicted octanol–water partition coefficient (Wildman–Crippen LogP) is -1.10. The zero-order chi connectivity index (χ0) is 10.7. The van der Waals surface area contributed by atoms with Crippen molar-refractivity contribution in [1.82, 2.24) is 0 Å². The van der Waals surface area contributed by atoms with E-state index in [0.717, 1.165) is 5.57 Å². The molecule has 14 heavy (non-hydrogen) atoms. The van der Waals surface area contributed by atoms with Crippen LogP contribution in [0, 0.1) is 17.8 Å². The molecule has 2 aliphatic rings. The van der Waals surface area contributed by atoms with Gasteiger partial charge in [-0.3, -0.25) is 4.79 Å². The number of carbonyl (C=O) groups is 1. The van der Waals surface area contributed by atoms with Crippen molar-refractivity contribution in [2.45, 2.75) is 18.2 Å². The minimum Gasteiger partial charge on any atom is -0.480 e. The van der Waals surface area contributed by atoms with Crippen molar-refractivity contribution < 1.29 is 20.1 Å². The van der Waals surface area contributed by atoms with Crippen molar-refractivity contribution in [1.29, 1.82) is 0 Å². The Morgan fingerprint density at radius 2 is 2.21 bits per heavy atom. The van der Waals surface area contributed by atoms with Crippen molar-refractivity contribution in [3.63, 3.8) is 0 Å². The second-order valence-electron chi connectivity index (χ2n) is 4.22. The summed E-state index contributed by atoms with van der Waals surface area (Å²) in [6.07, 6.45) is -1.26. The van der Waals surface area contributed by atoms with Crippen LogP contribution < -0.4 is 5.73 Å². The fourth-order valence-electron chi connectivity index (χ4n) is 2.72. The molecule has 2 aliphatic carbocycles. The van der Waals surface area contributed by atoms with Crippen LogP contribution in [-0.2, 0) is 4.79 Å². The molecule has 2 saturated carbocycles. The van der Waals surface area contributed by atoms with Gasteiger partial charge in [0.15, 0.2) is 6.29 Å². The molecule has 2 fully saturated rings. The lowest BCUT2D eigenvalue weighted by atomic mass is 9.90. The first kappa shape index (κ1) is 9.64. The molecule has 0 aromatic carbocycles. The first-order chi connectivity index (χ1) is 6.39. The maximum Gasteiger partial charge on any atom is 0.324 e. The Morgan fingerprint density at radius 3 is 2.57 bits per heavy atom. The summed E-state index contributed by atoms with van der Waals surface area (Å²) in [7, 11) is 0. The van der Waals surface area contributed by atoms with Gasteiger partial charge in [0.05, 0.1) is 0 Å². The highest BCUT2D eigenvalue weighted by molar-refractivity contribution is 5.82. The second kappa shape index (κ2) is 2.56. The zero-order valence-corrected chi connectivity index (χ0v) is 7.55. The van der Waals surface area contributed by atoms with Crippen molar-refractivity contribution in [3.05, 3.63) is 12.2 Å². The average molecular weight is 199 g/mol. The van der Waals surface area contributed by atoms with E-state index in [9.17, 15) is 4.79 Å². The van der Waals surface area contributed by atoms with Gasteiger partial charge >= 0.3 is 5.97 Å². The maximum absolute atomic E-state index is 10.9. The lowest BCUT2D eigenvalue weighted by molar-refractivity contribution is -0.144. The van der Waals surface area contributed by atoms with Crippen LogP contribution in [-0.4, -0.2) is 33.1 Å². The number of hydrogen-bond acceptors (Lipinski definition) is 4. The fourth-order valence-corrected chi connectivity index (χ4v) is 2.72. The number of rotatable bonds is 2. The van der Waals surface area contributed by atoms with Crippen LogP contribution in [0.3, 0.4) is 0 Å². The Hall–Kier alpha value is -0.910. The minimum absolute atomic E-state index is 0.129. The Morgan fingerprint density at radius 1 is 1.64 bits per heavy atom. The molecule has 0 aromatic heterocycles. The molecule has 4 unspecified atom stereocenters. The number of fused-ring (bicyclic) bond motifs is 1. The average Bonchev–Trinajstić information content (AvgIpc) is 2.72. The van der Waals surface area contributed by atoms with Crippen LogP contribution in [0.2, 0.25) is 0 Å². The van der Waals surface area contributed by atoms with Crippen LogP contribution >= 0.6 is 0 Å². The van der Waals surface area contributed by atoms with Gasteiger partial charge < -0.3 is 21.1 Å². The molecule has 2 rings (SSSR count). The van der Waals surface area contributed by atoms with Gasteiger partial charge in [0, 0.05) is 11.8 Å². The topological polar surface area (TPSA) is 104 Å². The van der Waals surface area contributed by atoms with E-state index in [0.29, 0.717) is 0 Å². The van der Waals surface area contributed by atoms with E-state index in [1.165, 1.54) is 0 Å². The molecular weight excluding hydrogens is 186 g/mol. The highest BCUT2D eigenvalue weighted by Crippen LogP contribution is 2.64. The Kier molecular flexibility index (Phi) is 1.76. The molecule has 0 saturated heterocycles. The Labute approximate surface area is 80.8 Å². The number of carboxylic acids is 1. The standard InChI is InChI=1S/C9H13NO4/c1-3-2-9(10,8(13)14)6-4(3)5(6)7(11)12/h4-7,11-12H,1-2,10H2,(H,13,14). The van der Waals surface area contributed by atoms with Gasteiger partial charge in [-0.05, 0) is 12.3 Å². The summed E-state index contributed by atoms with van der Waals surface area (Å²) < 4.78 is 0. The van der Waals surface area contributed by atoms with Gasteiger partial charge in [0.25, 0.3) is 0 Å². The molecule has 78 valence electrons. The van der Waals surface area contributed by atoms with Crippen LogP contribution in [0.5, 0.6) is 0 Å². The first-order valence-electron chi connectivity index (χ1n) is 4.45. The smallest absolute Gasteiger partial charge is 0.324 e.